The molecule has 0 saturated carbocycles. The predicted molar refractivity (Wildman–Crippen MR) is 353 cm³/mol. The fourth-order valence-corrected chi connectivity index (χ4v) is 10.6. The molecule has 0 unspecified atom stereocenters. The topological polar surface area (TPSA) is 186 Å². The molecule has 0 saturated heterocycles. The van der Waals surface area contributed by atoms with Crippen LogP contribution < -0.4 is 10.2 Å². The molecule has 0 heterocycles. The van der Waals surface area contributed by atoms with Crippen molar-refractivity contribution in [3.63, 3.8) is 0 Å². The molecule has 0 atom stereocenters. The summed E-state index contributed by atoms with van der Waals surface area (Å²) >= 11 is 0. The molecule has 0 aromatic rings. The van der Waals surface area contributed by atoms with Gasteiger partial charge < -0.3 is 35.5 Å². The van der Waals surface area contributed by atoms with Gasteiger partial charge in [0.1, 0.15) is 0 Å². The summed E-state index contributed by atoms with van der Waals surface area (Å²) in [7, 11) is 0. The van der Waals surface area contributed by atoms with Crippen molar-refractivity contribution in [2.24, 2.45) is 0 Å². The number of carbonyl (C=O) groups is 4. The molecule has 9 nitrogen and oxygen atoms in total. The molecule has 488 valence electrons. The van der Waals surface area contributed by atoms with Crippen molar-refractivity contribution in [3.8, 4) is 0 Å². The molecule has 82 heavy (non-hydrogen) atoms. The Balaban J connectivity index is -0.000000233. The van der Waals surface area contributed by atoms with Gasteiger partial charge >= 0.3 is 49.7 Å². The van der Waals surface area contributed by atoms with Gasteiger partial charge in [0.25, 0.3) is 0 Å². The monoisotopic (exact) mass is 1190 g/mol. The second kappa shape index (κ2) is 88.9. The fraction of sp³-hybridized carbons (Fsp3) is 0.944. The number of carboxylic acid groups (broad SMARTS) is 4. The molecule has 0 bridgehead atoms. The second-order valence-electron chi connectivity index (χ2n) is 24.3. The number of hydrogen-bond donors (Lipinski definition) is 2. The zero-order chi connectivity index (χ0) is 59.6. The summed E-state index contributed by atoms with van der Waals surface area (Å²) in [6.07, 6.45) is 80.1. The van der Waals surface area contributed by atoms with E-state index in [-0.39, 0.29) is 56.1 Å². The SMILES string of the molecule is CCCCCCCCCCCCCCCCCC(=O)O.CCCCCCCCCCCCCCCCCC(=O)O.CCCCCCCCCCCCCCCCCC(=O)[O-].CCCCCCCCCCCCCCCCCC(=O)[O-].O.[Ca+2]. The number of carboxylic acids is 4. The third-order valence-electron chi connectivity index (χ3n) is 16.0. The van der Waals surface area contributed by atoms with Crippen molar-refractivity contribution in [2.45, 2.75) is 439 Å². The van der Waals surface area contributed by atoms with Crippen molar-refractivity contribution in [1.29, 1.82) is 0 Å². The van der Waals surface area contributed by atoms with Crippen LogP contribution in [0, 0.1) is 0 Å². The molecule has 4 N–H and O–H groups in total. The van der Waals surface area contributed by atoms with Gasteiger partial charge in [-0.15, -0.1) is 0 Å². The summed E-state index contributed by atoms with van der Waals surface area (Å²) in [6.45, 7) is 9.07. The molecule has 0 amide bonds. The number of hydrogen-bond acceptors (Lipinski definition) is 6. The van der Waals surface area contributed by atoms with Gasteiger partial charge in [-0.05, 0) is 38.5 Å². The zero-order valence-corrected chi connectivity index (χ0v) is 58.0. The van der Waals surface area contributed by atoms with Gasteiger partial charge in [-0.2, -0.15) is 0 Å². The van der Waals surface area contributed by atoms with E-state index in [0.29, 0.717) is 12.8 Å². The smallest absolute Gasteiger partial charge is 0.550 e. The summed E-state index contributed by atoms with van der Waals surface area (Å²) in [4.78, 5) is 41.1. The first-order valence-electron chi connectivity index (χ1n) is 35.9. The van der Waals surface area contributed by atoms with E-state index in [1.807, 2.05) is 0 Å². The quantitative estimate of drug-likeness (QED) is 0.0445. The molecule has 0 aliphatic carbocycles. The van der Waals surface area contributed by atoms with Crippen LogP contribution in [0.15, 0.2) is 0 Å². The third kappa shape index (κ3) is 107. The molecule has 0 aliphatic heterocycles. The Morgan fingerprint density at radius 1 is 0.207 bits per heavy atom. The van der Waals surface area contributed by atoms with Crippen molar-refractivity contribution >= 4 is 61.6 Å². The Kier molecular flexibility index (Phi) is 100.0. The Hall–Kier alpha value is -0.900. The van der Waals surface area contributed by atoms with Gasteiger partial charge in [0.05, 0.1) is 0 Å². The molecule has 0 aliphatic rings. The maximum Gasteiger partial charge on any atom is 2.00 e. The maximum absolute atomic E-state index is 10.3. The standard InChI is InChI=1S/4C18H36O2.Ca.H2O/c4*1-2-3-4-5-6-7-8-9-10-11-12-13-14-15-16-17-18(19)20;;/h4*2-17H2,1H3,(H,19,20);;1H2/q;;;;+2;/p-2. The summed E-state index contributed by atoms with van der Waals surface area (Å²) in [6, 6.07) is 0. The first-order valence-corrected chi connectivity index (χ1v) is 35.9. The van der Waals surface area contributed by atoms with Crippen molar-refractivity contribution in [2.75, 3.05) is 0 Å². The van der Waals surface area contributed by atoms with E-state index < -0.39 is 23.9 Å². The van der Waals surface area contributed by atoms with E-state index in [0.717, 1.165) is 51.4 Å². The Morgan fingerprint density at radius 3 is 0.402 bits per heavy atom. The summed E-state index contributed by atoms with van der Waals surface area (Å²) in [5.74, 6) is -3.11. The average molecular weight is 1190 g/mol. The van der Waals surface area contributed by atoms with Crippen LogP contribution in [0.25, 0.3) is 0 Å². The van der Waals surface area contributed by atoms with Crippen LogP contribution in [0.1, 0.15) is 439 Å². The van der Waals surface area contributed by atoms with E-state index in [9.17, 15) is 29.4 Å². The van der Waals surface area contributed by atoms with Crippen LogP contribution >= 0.6 is 0 Å². The number of carbonyl (C=O) groups excluding carboxylic acids is 2. The molecule has 0 fully saturated rings. The molecule has 0 spiro atoms. The van der Waals surface area contributed by atoms with Gasteiger partial charge in [0, 0.05) is 24.8 Å². The zero-order valence-electron chi connectivity index (χ0n) is 55.8. The van der Waals surface area contributed by atoms with Crippen molar-refractivity contribution in [3.05, 3.63) is 0 Å². The number of aliphatic carboxylic acids is 4. The first kappa shape index (κ1) is 92.3. The second-order valence-corrected chi connectivity index (χ2v) is 24.3. The average Bonchev–Trinajstić information content (AvgIpc) is 3.43. The maximum atomic E-state index is 10.3. The molecule has 0 rings (SSSR count). The van der Waals surface area contributed by atoms with Gasteiger partial charge in [0.15, 0.2) is 0 Å². The van der Waals surface area contributed by atoms with Crippen LogP contribution in [-0.4, -0.2) is 77.3 Å². The van der Waals surface area contributed by atoms with Gasteiger partial charge in [-0.3, -0.25) is 9.59 Å². The van der Waals surface area contributed by atoms with Crippen LogP contribution in [0.5, 0.6) is 0 Å². The minimum atomic E-state index is -0.903. The Labute approximate surface area is 541 Å². The molecule has 0 radical (unpaired) electrons. The van der Waals surface area contributed by atoms with Crippen LogP contribution in [0.3, 0.4) is 0 Å². The largest absolute Gasteiger partial charge is 2.00 e. The summed E-state index contributed by atoms with van der Waals surface area (Å²) in [5.41, 5.74) is 0. The molecule has 0 aromatic heterocycles. The first-order chi connectivity index (χ1) is 39.1. The van der Waals surface area contributed by atoms with E-state index in [2.05, 4.69) is 27.7 Å². The summed E-state index contributed by atoms with van der Waals surface area (Å²) < 4.78 is 0. The van der Waals surface area contributed by atoms with Gasteiger partial charge in [-0.1, -0.05) is 387 Å². The Bertz CT molecular complexity index is 993. The van der Waals surface area contributed by atoms with E-state index in [4.69, 9.17) is 10.2 Å². The normalized spacial score (nSPS) is 10.6. The van der Waals surface area contributed by atoms with Crippen LogP contribution in [0.2, 0.25) is 0 Å². The Morgan fingerprint density at radius 2 is 0.305 bits per heavy atom. The third-order valence-corrected chi connectivity index (χ3v) is 16.0. The van der Waals surface area contributed by atoms with Crippen molar-refractivity contribution < 1.29 is 45.1 Å². The minimum absolute atomic E-state index is 0. The molecular weight excluding hydrogens is 1050 g/mol. The van der Waals surface area contributed by atoms with Gasteiger partial charge in [0.2, 0.25) is 0 Å². The minimum Gasteiger partial charge on any atom is -0.550 e. The molecular formula is C72H144CaO9. The molecule has 0 aromatic carbocycles. The predicted octanol–water partition coefficient (Wildman–Crippen LogP) is 21.5. The van der Waals surface area contributed by atoms with Crippen LogP contribution in [-0.2, 0) is 19.2 Å². The van der Waals surface area contributed by atoms with Gasteiger partial charge in [-0.25, -0.2) is 0 Å². The summed E-state index contributed by atoms with van der Waals surface area (Å²) in [5, 5.41) is 37.5. The van der Waals surface area contributed by atoms with E-state index in [1.54, 1.807) is 0 Å². The molecule has 10 heteroatoms. The number of rotatable bonds is 64. The number of unbranched alkanes of at least 4 members (excludes halogenated alkanes) is 56. The van der Waals surface area contributed by atoms with Crippen LogP contribution in [0.4, 0.5) is 0 Å². The fourth-order valence-electron chi connectivity index (χ4n) is 10.6. The van der Waals surface area contributed by atoms with Crippen molar-refractivity contribution in [1.82, 2.24) is 0 Å². The van der Waals surface area contributed by atoms with E-state index in [1.165, 1.54) is 334 Å². The van der Waals surface area contributed by atoms with E-state index >= 15 is 0 Å².